The van der Waals surface area contributed by atoms with Crippen LogP contribution < -0.4 is 0 Å². The van der Waals surface area contributed by atoms with E-state index in [2.05, 4.69) is 20.8 Å². The molecule has 1 N–H and O–H groups in total. The number of hydrogen-bond acceptors (Lipinski definition) is 4. The van der Waals surface area contributed by atoms with Crippen molar-refractivity contribution >= 4 is 5.91 Å². The van der Waals surface area contributed by atoms with Crippen molar-refractivity contribution in [3.63, 3.8) is 0 Å². The van der Waals surface area contributed by atoms with Crippen molar-refractivity contribution in [1.29, 1.82) is 0 Å². The SMILES string of the molecule is O=C([C@@H]1CCCN(C2CCN(Cc3cccc(O)c3)CC2)C1)N1CCCC1. The van der Waals surface area contributed by atoms with Crippen molar-refractivity contribution in [2.24, 2.45) is 5.92 Å². The molecule has 5 heteroatoms. The Kier molecular flexibility index (Phi) is 5.98. The predicted molar refractivity (Wildman–Crippen MR) is 107 cm³/mol. The van der Waals surface area contributed by atoms with E-state index in [1.54, 1.807) is 6.07 Å². The molecule has 0 radical (unpaired) electrons. The number of phenols is 1. The number of benzene rings is 1. The van der Waals surface area contributed by atoms with Crippen LogP contribution in [-0.2, 0) is 11.3 Å². The molecular formula is C22H33N3O2. The molecule has 3 aliphatic rings. The Balaban J connectivity index is 1.27. The van der Waals surface area contributed by atoms with Crippen LogP contribution >= 0.6 is 0 Å². The van der Waals surface area contributed by atoms with E-state index in [0.29, 0.717) is 17.7 Å². The number of phenolic OH excluding ortho intramolecular Hbond substituents is 1. The third-order valence-electron chi connectivity index (χ3n) is 6.61. The number of amides is 1. The first-order valence-electron chi connectivity index (χ1n) is 10.7. The van der Waals surface area contributed by atoms with Gasteiger partial charge in [-0.15, -0.1) is 0 Å². The molecule has 3 saturated heterocycles. The van der Waals surface area contributed by atoms with Gasteiger partial charge in [0.2, 0.25) is 5.91 Å². The molecule has 1 aromatic rings. The van der Waals surface area contributed by atoms with E-state index in [9.17, 15) is 9.90 Å². The molecule has 3 fully saturated rings. The third kappa shape index (κ3) is 4.64. The molecule has 1 aromatic carbocycles. The van der Waals surface area contributed by atoms with Crippen LogP contribution in [0.3, 0.4) is 0 Å². The van der Waals surface area contributed by atoms with Crippen LogP contribution in [0.2, 0.25) is 0 Å². The number of aromatic hydroxyl groups is 1. The van der Waals surface area contributed by atoms with Gasteiger partial charge in [-0.25, -0.2) is 0 Å². The van der Waals surface area contributed by atoms with E-state index in [4.69, 9.17) is 0 Å². The average molecular weight is 372 g/mol. The van der Waals surface area contributed by atoms with Crippen LogP contribution in [0.5, 0.6) is 5.75 Å². The zero-order valence-corrected chi connectivity index (χ0v) is 16.4. The zero-order chi connectivity index (χ0) is 18.6. The molecule has 0 aliphatic carbocycles. The van der Waals surface area contributed by atoms with E-state index in [1.807, 2.05) is 12.1 Å². The van der Waals surface area contributed by atoms with Crippen LogP contribution in [0.4, 0.5) is 0 Å². The Morgan fingerprint density at radius 2 is 1.78 bits per heavy atom. The lowest BCUT2D eigenvalue weighted by Crippen LogP contribution is -2.51. The van der Waals surface area contributed by atoms with Crippen molar-refractivity contribution in [3.8, 4) is 5.75 Å². The van der Waals surface area contributed by atoms with Gasteiger partial charge in [0.15, 0.2) is 0 Å². The first-order chi connectivity index (χ1) is 13.2. The lowest BCUT2D eigenvalue weighted by molar-refractivity contribution is -0.136. The summed E-state index contributed by atoms with van der Waals surface area (Å²) >= 11 is 0. The van der Waals surface area contributed by atoms with Crippen LogP contribution in [0.25, 0.3) is 0 Å². The number of piperidine rings is 2. The van der Waals surface area contributed by atoms with Gasteiger partial charge in [0.1, 0.15) is 5.75 Å². The summed E-state index contributed by atoms with van der Waals surface area (Å²) in [5.41, 5.74) is 1.18. The maximum Gasteiger partial charge on any atom is 0.226 e. The molecule has 1 atom stereocenters. The minimum absolute atomic E-state index is 0.224. The van der Waals surface area contributed by atoms with Crippen molar-refractivity contribution in [3.05, 3.63) is 29.8 Å². The Labute approximate surface area is 162 Å². The first kappa shape index (κ1) is 18.8. The monoisotopic (exact) mass is 371 g/mol. The van der Waals surface area contributed by atoms with E-state index in [0.717, 1.165) is 58.7 Å². The van der Waals surface area contributed by atoms with Gasteiger partial charge in [-0.2, -0.15) is 0 Å². The number of carbonyl (C=O) groups is 1. The summed E-state index contributed by atoms with van der Waals surface area (Å²) in [7, 11) is 0. The molecule has 4 rings (SSSR count). The summed E-state index contributed by atoms with van der Waals surface area (Å²) < 4.78 is 0. The molecule has 1 amide bonds. The molecule has 148 valence electrons. The minimum Gasteiger partial charge on any atom is -0.508 e. The van der Waals surface area contributed by atoms with Crippen molar-refractivity contribution in [2.75, 3.05) is 39.3 Å². The van der Waals surface area contributed by atoms with Gasteiger partial charge < -0.3 is 10.0 Å². The van der Waals surface area contributed by atoms with Crippen molar-refractivity contribution < 1.29 is 9.90 Å². The molecule has 0 saturated carbocycles. The molecule has 0 unspecified atom stereocenters. The van der Waals surface area contributed by atoms with Gasteiger partial charge in [-0.05, 0) is 75.9 Å². The number of carbonyl (C=O) groups excluding carboxylic acids is 1. The van der Waals surface area contributed by atoms with Gasteiger partial charge in [0.05, 0.1) is 5.92 Å². The third-order valence-corrected chi connectivity index (χ3v) is 6.61. The highest BCUT2D eigenvalue weighted by molar-refractivity contribution is 5.79. The fourth-order valence-corrected chi connectivity index (χ4v) is 5.09. The summed E-state index contributed by atoms with van der Waals surface area (Å²) in [6.07, 6.45) is 6.96. The van der Waals surface area contributed by atoms with Crippen LogP contribution in [0, 0.1) is 5.92 Å². The lowest BCUT2D eigenvalue weighted by atomic mass is 9.93. The number of rotatable bonds is 4. The summed E-state index contributed by atoms with van der Waals surface area (Å²) in [6.45, 7) is 7.18. The Morgan fingerprint density at radius 3 is 2.52 bits per heavy atom. The van der Waals surface area contributed by atoms with E-state index >= 15 is 0 Å². The van der Waals surface area contributed by atoms with Crippen molar-refractivity contribution in [1.82, 2.24) is 14.7 Å². The molecular weight excluding hydrogens is 338 g/mol. The fraction of sp³-hybridized carbons (Fsp3) is 0.682. The fourth-order valence-electron chi connectivity index (χ4n) is 5.09. The summed E-state index contributed by atoms with van der Waals surface area (Å²) in [6, 6.07) is 8.23. The average Bonchev–Trinajstić information content (AvgIpc) is 3.23. The summed E-state index contributed by atoms with van der Waals surface area (Å²) in [5, 5.41) is 9.65. The number of hydrogen-bond donors (Lipinski definition) is 1. The summed E-state index contributed by atoms with van der Waals surface area (Å²) in [4.78, 5) is 20.0. The Bertz CT molecular complexity index is 636. The van der Waals surface area contributed by atoms with Gasteiger partial charge in [0.25, 0.3) is 0 Å². The van der Waals surface area contributed by atoms with E-state index in [1.165, 1.54) is 31.2 Å². The van der Waals surface area contributed by atoms with E-state index < -0.39 is 0 Å². The predicted octanol–water partition coefficient (Wildman–Crippen LogP) is 2.69. The lowest BCUT2D eigenvalue weighted by Gasteiger charge is -2.42. The van der Waals surface area contributed by atoms with Gasteiger partial charge in [0, 0.05) is 32.2 Å². The first-order valence-corrected chi connectivity index (χ1v) is 10.7. The van der Waals surface area contributed by atoms with Crippen molar-refractivity contribution in [2.45, 2.75) is 51.1 Å². The Morgan fingerprint density at radius 1 is 1.00 bits per heavy atom. The van der Waals surface area contributed by atoms with Gasteiger partial charge in [-0.3, -0.25) is 14.6 Å². The largest absolute Gasteiger partial charge is 0.508 e. The molecule has 5 nitrogen and oxygen atoms in total. The highest BCUT2D eigenvalue weighted by atomic mass is 16.3. The molecule has 27 heavy (non-hydrogen) atoms. The zero-order valence-electron chi connectivity index (χ0n) is 16.4. The van der Waals surface area contributed by atoms with Gasteiger partial charge >= 0.3 is 0 Å². The standard InChI is InChI=1S/C22H33N3O2/c26-21-7-3-5-18(15-21)16-23-13-8-20(9-14-23)25-12-4-6-19(17-25)22(27)24-10-1-2-11-24/h3,5,7,15,19-20,26H,1-2,4,6,8-14,16-17H2/t19-/m1/s1. The normalized spacial score (nSPS) is 25.8. The molecule has 3 aliphatic heterocycles. The molecule has 0 aromatic heterocycles. The van der Waals surface area contributed by atoms with E-state index in [-0.39, 0.29) is 5.92 Å². The molecule has 0 spiro atoms. The highest BCUT2D eigenvalue weighted by Gasteiger charge is 2.34. The Hall–Kier alpha value is -1.59. The summed E-state index contributed by atoms with van der Waals surface area (Å²) in [5.74, 6) is 0.991. The smallest absolute Gasteiger partial charge is 0.226 e. The second-order valence-electron chi connectivity index (χ2n) is 8.54. The molecule has 3 heterocycles. The number of likely N-dealkylation sites (tertiary alicyclic amines) is 3. The minimum atomic E-state index is 0.224. The number of nitrogens with zero attached hydrogens (tertiary/aromatic N) is 3. The highest BCUT2D eigenvalue weighted by Crippen LogP contribution is 2.26. The van der Waals surface area contributed by atoms with Crippen LogP contribution in [0.1, 0.15) is 44.1 Å². The molecule has 0 bridgehead atoms. The topological polar surface area (TPSA) is 47.0 Å². The second kappa shape index (κ2) is 8.61. The van der Waals surface area contributed by atoms with Gasteiger partial charge in [-0.1, -0.05) is 12.1 Å². The second-order valence-corrected chi connectivity index (χ2v) is 8.54. The van der Waals surface area contributed by atoms with Crippen LogP contribution in [0.15, 0.2) is 24.3 Å². The maximum absolute atomic E-state index is 12.8. The maximum atomic E-state index is 12.8. The van der Waals surface area contributed by atoms with Crippen LogP contribution in [-0.4, -0.2) is 71.0 Å². The quantitative estimate of drug-likeness (QED) is 0.884.